The summed E-state index contributed by atoms with van der Waals surface area (Å²) in [5, 5.41) is 11.8. The van der Waals surface area contributed by atoms with E-state index in [0.717, 1.165) is 36.7 Å². The van der Waals surface area contributed by atoms with Gasteiger partial charge in [0.05, 0.1) is 10.4 Å². The topological polar surface area (TPSA) is 103 Å². The summed E-state index contributed by atoms with van der Waals surface area (Å²) in [7, 11) is 0. The van der Waals surface area contributed by atoms with Crippen LogP contribution in [0.3, 0.4) is 0 Å². The Morgan fingerprint density at radius 1 is 1.29 bits per heavy atom. The summed E-state index contributed by atoms with van der Waals surface area (Å²) in [5.74, 6) is 4.85. The number of benzene rings is 1. The average Bonchev–Trinajstić information content (AvgIpc) is 2.89. The number of non-ortho nitro benzene ring substituents is 1. The van der Waals surface area contributed by atoms with Crippen LogP contribution >= 0.6 is 0 Å². The first-order valence-corrected chi connectivity index (χ1v) is 6.84. The molecule has 0 saturated heterocycles. The molecule has 3 N–H and O–H groups in total. The largest absolute Gasteiger partial charge is 0.347 e. The fraction of sp³-hybridized carbons (Fsp3) is 0.357. The Kier molecular flexibility index (Phi) is 4.89. The van der Waals surface area contributed by atoms with Crippen molar-refractivity contribution >= 4 is 22.5 Å². The van der Waals surface area contributed by atoms with Crippen molar-refractivity contribution in [3.63, 3.8) is 0 Å². The molecule has 1 amide bonds. The predicted molar refractivity (Wildman–Crippen MR) is 79.4 cm³/mol. The van der Waals surface area contributed by atoms with E-state index in [4.69, 9.17) is 5.84 Å². The number of nitrogens with one attached hydrogen (secondary N) is 1. The van der Waals surface area contributed by atoms with Gasteiger partial charge in [0.1, 0.15) is 0 Å². The van der Waals surface area contributed by atoms with Crippen LogP contribution in [-0.4, -0.2) is 15.4 Å². The van der Waals surface area contributed by atoms with Gasteiger partial charge in [-0.25, -0.2) is 5.84 Å². The Morgan fingerprint density at radius 3 is 2.81 bits per heavy atom. The molecule has 1 heterocycles. The number of hydrazine groups is 1. The van der Waals surface area contributed by atoms with Crippen LogP contribution in [-0.2, 0) is 11.3 Å². The number of nitrogens with two attached hydrogens (primary N) is 1. The fourth-order valence-corrected chi connectivity index (χ4v) is 2.30. The number of unbranched alkanes of at least 4 members (excludes halogenated alkanes) is 2. The van der Waals surface area contributed by atoms with Crippen LogP contribution in [0, 0.1) is 10.1 Å². The van der Waals surface area contributed by atoms with Gasteiger partial charge in [0.15, 0.2) is 0 Å². The third-order valence-corrected chi connectivity index (χ3v) is 3.43. The van der Waals surface area contributed by atoms with Crippen molar-refractivity contribution in [2.45, 2.75) is 32.2 Å². The van der Waals surface area contributed by atoms with Crippen LogP contribution in [0.25, 0.3) is 10.9 Å². The minimum absolute atomic E-state index is 0.0991. The molecule has 0 bridgehead atoms. The van der Waals surface area contributed by atoms with Crippen LogP contribution in [0.2, 0.25) is 0 Å². The molecule has 0 saturated carbocycles. The molecule has 0 unspecified atom stereocenters. The molecule has 7 heteroatoms. The molecule has 0 aliphatic carbocycles. The lowest BCUT2D eigenvalue weighted by molar-refractivity contribution is -0.384. The van der Waals surface area contributed by atoms with E-state index < -0.39 is 0 Å². The maximum Gasteiger partial charge on any atom is 0.271 e. The van der Waals surface area contributed by atoms with Crippen molar-refractivity contribution in [3.8, 4) is 0 Å². The molecule has 0 atom stereocenters. The highest BCUT2D eigenvalue weighted by Gasteiger charge is 2.09. The zero-order valence-electron chi connectivity index (χ0n) is 11.6. The third-order valence-electron chi connectivity index (χ3n) is 3.43. The van der Waals surface area contributed by atoms with Crippen LogP contribution in [0.4, 0.5) is 5.69 Å². The number of aryl methyl sites for hydroxylation is 1. The summed E-state index contributed by atoms with van der Waals surface area (Å²) in [6, 6.07) is 6.81. The lowest BCUT2D eigenvalue weighted by atomic mass is 10.2. The summed E-state index contributed by atoms with van der Waals surface area (Å²) in [6.45, 7) is 0.773. The molecule has 112 valence electrons. The van der Waals surface area contributed by atoms with Gasteiger partial charge in [-0.15, -0.1) is 0 Å². The summed E-state index contributed by atoms with van der Waals surface area (Å²) < 4.78 is 2.01. The van der Waals surface area contributed by atoms with E-state index >= 15 is 0 Å². The molecule has 0 aliphatic rings. The van der Waals surface area contributed by atoms with Crippen molar-refractivity contribution in [1.29, 1.82) is 0 Å². The highest BCUT2D eigenvalue weighted by Crippen LogP contribution is 2.22. The zero-order chi connectivity index (χ0) is 15.2. The molecule has 1 aromatic heterocycles. The van der Waals surface area contributed by atoms with Crippen molar-refractivity contribution < 1.29 is 9.72 Å². The lowest BCUT2D eigenvalue weighted by Gasteiger charge is -2.05. The SMILES string of the molecule is NNC(=O)CCCCCn1ccc2ccc([N+](=O)[O-])cc21. The van der Waals surface area contributed by atoms with E-state index in [9.17, 15) is 14.9 Å². The second-order valence-electron chi connectivity index (χ2n) is 4.89. The van der Waals surface area contributed by atoms with Gasteiger partial charge in [-0.2, -0.15) is 0 Å². The normalized spacial score (nSPS) is 10.7. The fourth-order valence-electron chi connectivity index (χ4n) is 2.30. The monoisotopic (exact) mass is 290 g/mol. The summed E-state index contributed by atoms with van der Waals surface area (Å²) >= 11 is 0. The molecule has 2 rings (SSSR count). The minimum atomic E-state index is -0.387. The molecular formula is C14H18N4O3. The Morgan fingerprint density at radius 2 is 2.10 bits per heavy atom. The number of nitro groups is 1. The van der Waals surface area contributed by atoms with E-state index in [-0.39, 0.29) is 16.5 Å². The van der Waals surface area contributed by atoms with Gasteiger partial charge in [-0.05, 0) is 25.0 Å². The molecular weight excluding hydrogens is 272 g/mol. The maximum atomic E-state index is 11.0. The number of carbonyl (C=O) groups is 1. The Labute approximate surface area is 121 Å². The third kappa shape index (κ3) is 3.79. The van der Waals surface area contributed by atoms with E-state index in [1.165, 1.54) is 6.07 Å². The Bertz CT molecular complexity index is 651. The predicted octanol–water partition coefficient (Wildman–Crippen LogP) is 2.10. The zero-order valence-corrected chi connectivity index (χ0v) is 11.6. The number of rotatable bonds is 7. The second kappa shape index (κ2) is 6.85. The van der Waals surface area contributed by atoms with Gasteiger partial charge >= 0.3 is 0 Å². The number of nitro benzene ring substituents is 1. The number of hydrogen-bond donors (Lipinski definition) is 2. The first-order chi connectivity index (χ1) is 10.1. The molecule has 7 nitrogen and oxygen atoms in total. The number of carbonyl (C=O) groups excluding carboxylic acids is 1. The molecule has 2 aromatic rings. The Balaban J connectivity index is 1.94. The van der Waals surface area contributed by atoms with E-state index in [0.29, 0.717) is 6.42 Å². The van der Waals surface area contributed by atoms with Gasteiger partial charge in [0.2, 0.25) is 5.91 Å². The molecule has 0 radical (unpaired) electrons. The van der Waals surface area contributed by atoms with E-state index in [1.54, 1.807) is 12.1 Å². The van der Waals surface area contributed by atoms with Crippen molar-refractivity contribution in [2.24, 2.45) is 5.84 Å². The van der Waals surface area contributed by atoms with Gasteiger partial charge in [0.25, 0.3) is 5.69 Å². The highest BCUT2D eigenvalue weighted by molar-refractivity contribution is 5.82. The number of fused-ring (bicyclic) bond motifs is 1. The van der Waals surface area contributed by atoms with E-state index in [2.05, 4.69) is 5.43 Å². The average molecular weight is 290 g/mol. The van der Waals surface area contributed by atoms with Gasteiger partial charge in [0, 0.05) is 36.7 Å². The molecule has 0 aliphatic heterocycles. The van der Waals surface area contributed by atoms with Crippen LogP contribution in [0.1, 0.15) is 25.7 Å². The van der Waals surface area contributed by atoms with Crippen molar-refractivity contribution in [2.75, 3.05) is 0 Å². The molecule has 1 aromatic carbocycles. The highest BCUT2D eigenvalue weighted by atomic mass is 16.6. The standard InChI is InChI=1S/C14H18N4O3/c15-16-14(19)4-2-1-3-8-17-9-7-11-5-6-12(18(20)21)10-13(11)17/h5-7,9-10H,1-4,8,15H2,(H,16,19). The first-order valence-electron chi connectivity index (χ1n) is 6.84. The molecule has 0 spiro atoms. The van der Waals surface area contributed by atoms with Crippen molar-refractivity contribution in [1.82, 2.24) is 9.99 Å². The number of nitrogens with zero attached hydrogens (tertiary/aromatic N) is 2. The smallest absolute Gasteiger partial charge is 0.271 e. The number of hydrogen-bond acceptors (Lipinski definition) is 4. The van der Waals surface area contributed by atoms with Gasteiger partial charge < -0.3 is 4.57 Å². The quantitative estimate of drug-likeness (QED) is 0.268. The van der Waals surface area contributed by atoms with Crippen LogP contribution in [0.15, 0.2) is 30.5 Å². The second-order valence-corrected chi connectivity index (χ2v) is 4.89. The maximum absolute atomic E-state index is 11.0. The number of aromatic nitrogens is 1. The Hall–Kier alpha value is -2.41. The molecule has 0 fully saturated rings. The van der Waals surface area contributed by atoms with Crippen LogP contribution in [0.5, 0.6) is 0 Å². The summed E-state index contributed by atoms with van der Waals surface area (Å²) in [6.07, 6.45) is 4.95. The first kappa shape index (κ1) is 15.0. The van der Waals surface area contributed by atoms with Gasteiger partial charge in [-0.3, -0.25) is 20.3 Å². The van der Waals surface area contributed by atoms with Crippen LogP contribution < -0.4 is 11.3 Å². The number of amides is 1. The summed E-state index contributed by atoms with van der Waals surface area (Å²) in [4.78, 5) is 21.4. The minimum Gasteiger partial charge on any atom is -0.347 e. The van der Waals surface area contributed by atoms with Crippen molar-refractivity contribution in [3.05, 3.63) is 40.6 Å². The summed E-state index contributed by atoms with van der Waals surface area (Å²) in [5.41, 5.74) is 3.07. The lowest BCUT2D eigenvalue weighted by Crippen LogP contribution is -2.29. The molecule has 21 heavy (non-hydrogen) atoms. The van der Waals surface area contributed by atoms with Gasteiger partial charge in [-0.1, -0.05) is 6.42 Å². The van der Waals surface area contributed by atoms with E-state index in [1.807, 2.05) is 16.8 Å².